The van der Waals surface area contributed by atoms with Gasteiger partial charge in [-0.2, -0.15) is 0 Å². The largest absolute Gasteiger partial charge is 0.361 e. The highest BCUT2D eigenvalue weighted by Gasteiger charge is 2.24. The smallest absolute Gasteiger partial charge is 0.121 e. The van der Waals surface area contributed by atoms with Crippen LogP contribution in [0.15, 0.2) is 36.7 Å². The fraction of sp³-hybridized carbons (Fsp3) is 0.455. The molecule has 0 amide bonds. The SMILES string of the molecule is Cc1cc(C)n(-c2c(C(C)C)cccc2C(C)C)c1N1C=CN(C)C1. The zero-order valence-electron chi connectivity index (χ0n) is 16.7. The molecule has 134 valence electrons. The van der Waals surface area contributed by atoms with Gasteiger partial charge in [0.25, 0.3) is 0 Å². The van der Waals surface area contributed by atoms with Crippen LogP contribution in [0, 0.1) is 13.8 Å². The van der Waals surface area contributed by atoms with Crippen molar-refractivity contribution in [3.63, 3.8) is 0 Å². The number of aromatic nitrogens is 1. The highest BCUT2D eigenvalue weighted by atomic mass is 15.4. The maximum atomic E-state index is 2.48. The number of hydrogen-bond acceptors (Lipinski definition) is 2. The summed E-state index contributed by atoms with van der Waals surface area (Å²) >= 11 is 0. The molecule has 0 N–H and O–H groups in total. The highest BCUT2D eigenvalue weighted by Crippen LogP contribution is 2.37. The average molecular weight is 338 g/mol. The van der Waals surface area contributed by atoms with E-state index in [0.29, 0.717) is 11.8 Å². The molecule has 3 rings (SSSR count). The number of hydrogen-bond donors (Lipinski definition) is 0. The van der Waals surface area contributed by atoms with Crippen molar-refractivity contribution in [1.82, 2.24) is 9.47 Å². The van der Waals surface area contributed by atoms with Crippen molar-refractivity contribution in [2.75, 3.05) is 18.6 Å². The van der Waals surface area contributed by atoms with E-state index < -0.39 is 0 Å². The lowest BCUT2D eigenvalue weighted by molar-refractivity contribution is 0.493. The van der Waals surface area contributed by atoms with Crippen LogP contribution in [0.25, 0.3) is 5.69 Å². The van der Waals surface area contributed by atoms with Crippen LogP contribution in [-0.2, 0) is 0 Å². The molecule has 1 aromatic carbocycles. The maximum absolute atomic E-state index is 2.48. The molecule has 0 spiro atoms. The first-order valence-corrected chi connectivity index (χ1v) is 9.28. The van der Waals surface area contributed by atoms with E-state index in [-0.39, 0.29) is 0 Å². The molecule has 0 saturated carbocycles. The molecule has 2 aromatic rings. The summed E-state index contributed by atoms with van der Waals surface area (Å²) < 4.78 is 2.48. The summed E-state index contributed by atoms with van der Waals surface area (Å²) in [7, 11) is 2.12. The summed E-state index contributed by atoms with van der Waals surface area (Å²) in [5, 5.41) is 0. The van der Waals surface area contributed by atoms with Gasteiger partial charge in [-0.15, -0.1) is 0 Å². The highest BCUT2D eigenvalue weighted by molar-refractivity contribution is 5.63. The fourth-order valence-corrected chi connectivity index (χ4v) is 3.86. The molecule has 0 aliphatic carbocycles. The van der Waals surface area contributed by atoms with Crippen LogP contribution in [0.2, 0.25) is 0 Å². The molecule has 0 fully saturated rings. The second-order valence-corrected chi connectivity index (χ2v) is 7.89. The van der Waals surface area contributed by atoms with E-state index in [1.165, 1.54) is 33.9 Å². The van der Waals surface area contributed by atoms with Gasteiger partial charge in [0.15, 0.2) is 0 Å². The first-order valence-electron chi connectivity index (χ1n) is 9.28. The predicted octanol–water partition coefficient (Wildman–Crippen LogP) is 5.52. The minimum absolute atomic E-state index is 0.487. The van der Waals surface area contributed by atoms with Crippen LogP contribution < -0.4 is 4.90 Å². The molecule has 3 heteroatoms. The van der Waals surface area contributed by atoms with Crippen LogP contribution in [0.4, 0.5) is 5.82 Å². The summed E-state index contributed by atoms with van der Waals surface area (Å²) in [6, 6.07) is 9.10. The second-order valence-electron chi connectivity index (χ2n) is 7.89. The number of aryl methyl sites for hydroxylation is 2. The van der Waals surface area contributed by atoms with E-state index in [2.05, 4.69) is 99.6 Å². The Bertz CT molecular complexity index is 770. The minimum Gasteiger partial charge on any atom is -0.361 e. The van der Waals surface area contributed by atoms with Crippen molar-refractivity contribution >= 4 is 5.82 Å². The Kier molecular flexibility index (Phi) is 4.68. The molecule has 1 aliphatic rings. The molecule has 0 atom stereocenters. The number of anilines is 1. The van der Waals surface area contributed by atoms with E-state index >= 15 is 0 Å². The zero-order chi connectivity index (χ0) is 18.3. The average Bonchev–Trinajstić information content (AvgIpc) is 3.08. The lowest BCUT2D eigenvalue weighted by atomic mass is 9.92. The normalized spacial score (nSPS) is 14.4. The van der Waals surface area contributed by atoms with Crippen LogP contribution in [0.3, 0.4) is 0 Å². The van der Waals surface area contributed by atoms with Crippen molar-refractivity contribution < 1.29 is 0 Å². The van der Waals surface area contributed by atoms with Gasteiger partial charge in [0.2, 0.25) is 0 Å². The lowest BCUT2D eigenvalue weighted by Gasteiger charge is -2.27. The van der Waals surface area contributed by atoms with Gasteiger partial charge in [0.1, 0.15) is 5.82 Å². The van der Waals surface area contributed by atoms with Gasteiger partial charge in [-0.1, -0.05) is 45.9 Å². The molecule has 1 aromatic heterocycles. The van der Waals surface area contributed by atoms with Crippen LogP contribution in [0.5, 0.6) is 0 Å². The summed E-state index contributed by atoms with van der Waals surface area (Å²) in [6.45, 7) is 14.5. The van der Waals surface area contributed by atoms with Gasteiger partial charge in [-0.05, 0) is 48.4 Å². The van der Waals surface area contributed by atoms with Gasteiger partial charge in [0.05, 0.1) is 12.4 Å². The molecule has 0 saturated heterocycles. The standard InChI is InChI=1S/C22H31N3/c1-15(2)19-9-8-10-20(16(3)4)21(19)25-18(6)13-17(5)22(25)24-12-11-23(7)14-24/h8-13,15-16H,14H2,1-7H3. The quantitative estimate of drug-likeness (QED) is 0.727. The lowest BCUT2D eigenvalue weighted by Crippen LogP contribution is -2.25. The summed E-state index contributed by atoms with van der Waals surface area (Å²) in [4.78, 5) is 4.56. The van der Waals surface area contributed by atoms with Gasteiger partial charge in [-0.3, -0.25) is 4.57 Å². The summed E-state index contributed by atoms with van der Waals surface area (Å²) in [5.41, 5.74) is 6.83. The number of para-hydroxylation sites is 1. The minimum atomic E-state index is 0.487. The van der Waals surface area contributed by atoms with Crippen molar-refractivity contribution in [1.29, 1.82) is 0 Å². The van der Waals surface area contributed by atoms with E-state index in [1.807, 2.05) is 0 Å². The Morgan fingerprint density at radius 2 is 1.52 bits per heavy atom. The van der Waals surface area contributed by atoms with Crippen molar-refractivity contribution in [2.45, 2.75) is 53.4 Å². The monoisotopic (exact) mass is 337 g/mol. The molecule has 25 heavy (non-hydrogen) atoms. The Hall–Kier alpha value is -2.16. The Balaban J connectivity index is 2.29. The molecular formula is C22H31N3. The Morgan fingerprint density at radius 3 is 2.00 bits per heavy atom. The molecular weight excluding hydrogens is 306 g/mol. The van der Waals surface area contributed by atoms with E-state index in [0.717, 1.165) is 6.67 Å². The van der Waals surface area contributed by atoms with E-state index in [4.69, 9.17) is 0 Å². The molecule has 2 heterocycles. The first kappa shape index (κ1) is 17.7. The van der Waals surface area contributed by atoms with Crippen molar-refractivity contribution in [3.8, 4) is 5.69 Å². The van der Waals surface area contributed by atoms with Crippen LogP contribution in [-0.4, -0.2) is 23.2 Å². The van der Waals surface area contributed by atoms with E-state index in [9.17, 15) is 0 Å². The van der Waals surface area contributed by atoms with Crippen molar-refractivity contribution in [3.05, 3.63) is 59.0 Å². The molecule has 1 aliphatic heterocycles. The topological polar surface area (TPSA) is 11.4 Å². The third-order valence-corrected chi connectivity index (χ3v) is 5.06. The maximum Gasteiger partial charge on any atom is 0.121 e. The third kappa shape index (κ3) is 3.08. The van der Waals surface area contributed by atoms with Crippen molar-refractivity contribution in [2.24, 2.45) is 0 Å². The number of rotatable bonds is 4. The molecule has 0 bridgehead atoms. The number of nitrogens with zero attached hydrogens (tertiary/aromatic N) is 3. The van der Waals surface area contributed by atoms with Crippen LogP contribution in [0.1, 0.15) is 61.9 Å². The summed E-state index contributed by atoms with van der Waals surface area (Å²) in [5.74, 6) is 2.26. The Morgan fingerprint density at radius 1 is 0.920 bits per heavy atom. The van der Waals surface area contributed by atoms with Gasteiger partial charge in [0, 0.05) is 25.1 Å². The van der Waals surface area contributed by atoms with Gasteiger partial charge in [-0.25, -0.2) is 0 Å². The molecule has 3 nitrogen and oxygen atoms in total. The first-order chi connectivity index (χ1) is 11.8. The van der Waals surface area contributed by atoms with Gasteiger partial charge >= 0.3 is 0 Å². The fourth-order valence-electron chi connectivity index (χ4n) is 3.86. The zero-order valence-corrected chi connectivity index (χ0v) is 16.7. The second kappa shape index (κ2) is 6.62. The van der Waals surface area contributed by atoms with Crippen LogP contribution >= 0.6 is 0 Å². The Labute approximate surface area is 152 Å². The van der Waals surface area contributed by atoms with Gasteiger partial charge < -0.3 is 9.80 Å². The third-order valence-electron chi connectivity index (χ3n) is 5.06. The van der Waals surface area contributed by atoms with E-state index in [1.54, 1.807) is 0 Å². The molecule has 0 unspecified atom stereocenters. The number of benzene rings is 1. The molecule has 0 radical (unpaired) electrons. The summed E-state index contributed by atoms with van der Waals surface area (Å²) in [6.07, 6.45) is 4.33. The predicted molar refractivity (Wildman–Crippen MR) is 108 cm³/mol.